The molecule has 2 N–H and O–H groups in total. The molecule has 0 aromatic rings. The first-order valence-corrected chi connectivity index (χ1v) is 7.15. The van der Waals surface area contributed by atoms with Crippen molar-refractivity contribution in [2.24, 2.45) is 0 Å². The fraction of sp³-hybridized carbons (Fsp3) is 0.857. The Hall–Kier alpha value is -0.0600. The van der Waals surface area contributed by atoms with Crippen molar-refractivity contribution in [3.8, 4) is 0 Å². The number of rotatable bonds is 12. The minimum absolute atomic E-state index is 0. The quantitative estimate of drug-likeness (QED) is 0.427. The third kappa shape index (κ3) is 17.9. The molecule has 0 heterocycles. The minimum Gasteiger partial charge on any atom is -0.480 e. The number of hydrogen-bond acceptors (Lipinski definition) is 2. The van der Waals surface area contributed by atoms with Gasteiger partial charge in [-0.05, 0) is 6.42 Å². The fourth-order valence-electron chi connectivity index (χ4n) is 1.86. The number of aliphatic carboxylic acids is 1. The van der Waals surface area contributed by atoms with Gasteiger partial charge in [0.25, 0.3) is 0 Å². The third-order valence-electron chi connectivity index (χ3n) is 2.94. The van der Waals surface area contributed by atoms with E-state index >= 15 is 0 Å². The molecule has 107 valence electrons. The van der Waals surface area contributed by atoms with Gasteiger partial charge in [0.05, 0.1) is 0 Å². The van der Waals surface area contributed by atoms with Crippen LogP contribution >= 0.6 is 0 Å². The number of unbranched alkanes of at least 4 members (excludes halogenated alkanes) is 8. The molecule has 0 aliphatic rings. The summed E-state index contributed by atoms with van der Waals surface area (Å²) >= 11 is 0. The van der Waals surface area contributed by atoms with Crippen molar-refractivity contribution in [2.45, 2.75) is 71.1 Å². The van der Waals surface area contributed by atoms with Crippen LogP contribution in [0.4, 0.5) is 0 Å². The molecule has 1 amide bonds. The maximum absolute atomic E-state index is 11.2. The molecule has 4 nitrogen and oxygen atoms in total. The first kappa shape index (κ1) is 21.2. The van der Waals surface area contributed by atoms with E-state index in [1.54, 1.807) is 0 Å². The molecule has 0 saturated carbocycles. The van der Waals surface area contributed by atoms with E-state index < -0.39 is 5.97 Å². The van der Waals surface area contributed by atoms with Gasteiger partial charge in [0.15, 0.2) is 0 Å². The maximum Gasteiger partial charge on any atom is 0.322 e. The summed E-state index contributed by atoms with van der Waals surface area (Å²) in [5, 5.41) is 10.7. The molecule has 0 rings (SSSR count). The monoisotopic (exact) mass is 280 g/mol. The fourth-order valence-corrected chi connectivity index (χ4v) is 1.86. The maximum atomic E-state index is 11.2. The van der Waals surface area contributed by atoms with Crippen LogP contribution in [0.25, 0.3) is 0 Å². The molecule has 0 aromatic carbocycles. The van der Waals surface area contributed by atoms with E-state index in [0.29, 0.717) is 6.42 Å². The summed E-state index contributed by atoms with van der Waals surface area (Å²) < 4.78 is 0. The van der Waals surface area contributed by atoms with E-state index in [9.17, 15) is 9.59 Å². The first-order valence-electron chi connectivity index (χ1n) is 7.15. The molecular formula is C14H27NNaO3. The molecule has 0 bridgehead atoms. The van der Waals surface area contributed by atoms with E-state index in [0.717, 1.165) is 12.8 Å². The summed E-state index contributed by atoms with van der Waals surface area (Å²) in [7, 11) is 0. The van der Waals surface area contributed by atoms with Crippen molar-refractivity contribution in [1.29, 1.82) is 0 Å². The Labute approximate surface area is 139 Å². The Kier molecular flexibility index (Phi) is 17.9. The van der Waals surface area contributed by atoms with Crippen LogP contribution in [-0.2, 0) is 9.59 Å². The zero-order valence-corrected chi connectivity index (χ0v) is 14.5. The molecular weight excluding hydrogens is 253 g/mol. The van der Waals surface area contributed by atoms with Crippen LogP contribution in [0.15, 0.2) is 0 Å². The Morgan fingerprint density at radius 3 is 1.84 bits per heavy atom. The molecule has 0 spiro atoms. The van der Waals surface area contributed by atoms with Gasteiger partial charge in [-0.15, -0.1) is 0 Å². The second-order valence-electron chi connectivity index (χ2n) is 4.75. The minimum atomic E-state index is -0.990. The predicted molar refractivity (Wildman–Crippen MR) is 78.2 cm³/mol. The van der Waals surface area contributed by atoms with Crippen LogP contribution in [0.5, 0.6) is 0 Å². The SMILES string of the molecule is CCCCCCCCCCCC(=O)NCC(=O)O.[Na]. The van der Waals surface area contributed by atoms with Crippen molar-refractivity contribution in [1.82, 2.24) is 5.32 Å². The van der Waals surface area contributed by atoms with Gasteiger partial charge < -0.3 is 10.4 Å². The molecule has 0 aliphatic heterocycles. The third-order valence-corrected chi connectivity index (χ3v) is 2.94. The van der Waals surface area contributed by atoms with Gasteiger partial charge in [0, 0.05) is 36.0 Å². The van der Waals surface area contributed by atoms with Crippen LogP contribution in [0.2, 0.25) is 0 Å². The Balaban J connectivity index is 0. The Morgan fingerprint density at radius 1 is 0.895 bits per heavy atom. The van der Waals surface area contributed by atoms with Crippen LogP contribution in [0.1, 0.15) is 71.1 Å². The van der Waals surface area contributed by atoms with Crippen molar-refractivity contribution < 1.29 is 14.7 Å². The summed E-state index contributed by atoms with van der Waals surface area (Å²) in [4.78, 5) is 21.4. The van der Waals surface area contributed by atoms with Gasteiger partial charge in [-0.1, -0.05) is 58.3 Å². The second kappa shape index (κ2) is 16.0. The molecule has 0 saturated heterocycles. The summed E-state index contributed by atoms with van der Waals surface area (Å²) in [6.07, 6.45) is 11.4. The van der Waals surface area contributed by atoms with E-state index in [1.165, 1.54) is 44.9 Å². The largest absolute Gasteiger partial charge is 0.480 e. The first-order chi connectivity index (χ1) is 8.66. The number of hydrogen-bond donors (Lipinski definition) is 2. The number of carboxylic acid groups (broad SMARTS) is 1. The van der Waals surface area contributed by atoms with Crippen LogP contribution in [0.3, 0.4) is 0 Å². The van der Waals surface area contributed by atoms with E-state index in [4.69, 9.17) is 5.11 Å². The predicted octanol–water partition coefficient (Wildman–Crippen LogP) is 2.73. The zero-order valence-electron chi connectivity index (χ0n) is 12.5. The van der Waals surface area contributed by atoms with E-state index in [2.05, 4.69) is 12.2 Å². The molecule has 0 aromatic heterocycles. The van der Waals surface area contributed by atoms with Crippen molar-refractivity contribution in [2.75, 3.05) is 6.54 Å². The van der Waals surface area contributed by atoms with Crippen molar-refractivity contribution in [3.05, 3.63) is 0 Å². The number of carbonyl (C=O) groups excluding carboxylic acids is 1. The van der Waals surface area contributed by atoms with E-state index in [1.807, 2.05) is 0 Å². The van der Waals surface area contributed by atoms with Gasteiger partial charge in [0.2, 0.25) is 5.91 Å². The van der Waals surface area contributed by atoms with Crippen LogP contribution in [-0.4, -0.2) is 53.1 Å². The zero-order chi connectivity index (χ0) is 13.6. The standard InChI is InChI=1S/C14H27NO3.Na/c1-2-3-4-5-6-7-8-9-10-11-13(16)15-12-14(17)18;/h2-12H2,1H3,(H,15,16)(H,17,18);. The number of carbonyl (C=O) groups is 2. The Bertz CT molecular complexity index is 235. The molecule has 0 fully saturated rings. The Morgan fingerprint density at radius 2 is 1.37 bits per heavy atom. The van der Waals surface area contributed by atoms with E-state index in [-0.39, 0.29) is 42.0 Å². The summed E-state index contributed by atoms with van der Waals surface area (Å²) in [6.45, 7) is 1.95. The molecule has 5 heteroatoms. The topological polar surface area (TPSA) is 66.4 Å². The number of amides is 1. The van der Waals surface area contributed by atoms with Gasteiger partial charge in [0.1, 0.15) is 6.54 Å². The molecule has 19 heavy (non-hydrogen) atoms. The van der Waals surface area contributed by atoms with Crippen molar-refractivity contribution in [3.63, 3.8) is 0 Å². The molecule has 0 unspecified atom stereocenters. The normalized spacial score (nSPS) is 9.74. The summed E-state index contributed by atoms with van der Waals surface area (Å²) in [6, 6.07) is 0. The average molecular weight is 280 g/mol. The molecule has 0 atom stereocenters. The van der Waals surface area contributed by atoms with Crippen LogP contribution < -0.4 is 5.32 Å². The smallest absolute Gasteiger partial charge is 0.322 e. The second-order valence-corrected chi connectivity index (χ2v) is 4.75. The number of carboxylic acids is 1. The van der Waals surface area contributed by atoms with Gasteiger partial charge in [-0.2, -0.15) is 0 Å². The van der Waals surface area contributed by atoms with Gasteiger partial charge in [-0.3, -0.25) is 9.59 Å². The summed E-state index contributed by atoms with van der Waals surface area (Å²) in [5.74, 6) is -1.14. The van der Waals surface area contributed by atoms with Gasteiger partial charge in [-0.25, -0.2) is 0 Å². The average Bonchev–Trinajstić information content (AvgIpc) is 2.34. The number of nitrogens with one attached hydrogen (secondary N) is 1. The summed E-state index contributed by atoms with van der Waals surface area (Å²) in [5.41, 5.74) is 0. The molecule has 1 radical (unpaired) electrons. The van der Waals surface area contributed by atoms with Crippen LogP contribution in [0, 0.1) is 0 Å². The van der Waals surface area contributed by atoms with Gasteiger partial charge >= 0.3 is 5.97 Å². The molecule has 0 aliphatic carbocycles. The van der Waals surface area contributed by atoms with Crippen molar-refractivity contribution >= 4 is 41.4 Å².